The van der Waals surface area contributed by atoms with Crippen molar-refractivity contribution in [1.29, 1.82) is 0 Å². The SMILES string of the molecule is CC(=O)Nc1c(F)cc(NCC(O)CCl)cc1Cl. The fourth-order valence-corrected chi connectivity index (χ4v) is 1.63. The smallest absolute Gasteiger partial charge is 0.221 e. The van der Waals surface area contributed by atoms with Crippen LogP contribution in [0.1, 0.15) is 6.92 Å². The highest BCUT2D eigenvalue weighted by Gasteiger charge is 2.11. The van der Waals surface area contributed by atoms with Crippen molar-refractivity contribution < 1.29 is 14.3 Å². The number of hydrogen-bond donors (Lipinski definition) is 3. The van der Waals surface area contributed by atoms with Crippen molar-refractivity contribution in [3.05, 3.63) is 23.0 Å². The molecule has 3 N–H and O–H groups in total. The zero-order chi connectivity index (χ0) is 13.7. The molecule has 1 rings (SSSR count). The van der Waals surface area contributed by atoms with Crippen LogP contribution in [-0.2, 0) is 4.79 Å². The van der Waals surface area contributed by atoms with E-state index in [1.165, 1.54) is 19.1 Å². The molecule has 0 saturated carbocycles. The Morgan fingerprint density at radius 1 is 1.56 bits per heavy atom. The highest BCUT2D eigenvalue weighted by molar-refractivity contribution is 6.34. The first kappa shape index (κ1) is 15.0. The molecular formula is C11H13Cl2FN2O2. The number of hydrogen-bond acceptors (Lipinski definition) is 3. The van der Waals surface area contributed by atoms with Crippen molar-refractivity contribution in [1.82, 2.24) is 0 Å². The number of aliphatic hydroxyl groups excluding tert-OH is 1. The van der Waals surface area contributed by atoms with E-state index < -0.39 is 17.8 Å². The second-order valence-electron chi connectivity index (χ2n) is 3.69. The second kappa shape index (κ2) is 6.78. The monoisotopic (exact) mass is 294 g/mol. The Hall–Kier alpha value is -1.04. The van der Waals surface area contributed by atoms with Gasteiger partial charge >= 0.3 is 0 Å². The molecule has 1 aromatic carbocycles. The van der Waals surface area contributed by atoms with Crippen LogP contribution < -0.4 is 10.6 Å². The van der Waals surface area contributed by atoms with Crippen LogP contribution in [0.2, 0.25) is 5.02 Å². The van der Waals surface area contributed by atoms with Crippen LogP contribution in [-0.4, -0.2) is 29.5 Å². The van der Waals surface area contributed by atoms with E-state index in [0.29, 0.717) is 5.69 Å². The minimum absolute atomic E-state index is 0.0624. The van der Waals surface area contributed by atoms with Crippen molar-refractivity contribution in [3.63, 3.8) is 0 Å². The lowest BCUT2D eigenvalue weighted by Gasteiger charge is -2.13. The van der Waals surface area contributed by atoms with Crippen molar-refractivity contribution in [2.45, 2.75) is 13.0 Å². The lowest BCUT2D eigenvalue weighted by Crippen LogP contribution is -2.20. The fourth-order valence-electron chi connectivity index (χ4n) is 1.26. The zero-order valence-corrected chi connectivity index (χ0v) is 11.1. The largest absolute Gasteiger partial charge is 0.390 e. The highest BCUT2D eigenvalue weighted by atomic mass is 35.5. The van der Waals surface area contributed by atoms with Gasteiger partial charge < -0.3 is 15.7 Å². The predicted octanol–water partition coefficient (Wildman–Crippen LogP) is 2.45. The standard InChI is InChI=1S/C11H13Cl2FN2O2/c1-6(17)16-11-9(13)2-7(3-10(11)14)15-5-8(18)4-12/h2-3,8,15,18H,4-5H2,1H3,(H,16,17). The molecule has 1 unspecified atom stereocenters. The summed E-state index contributed by atoms with van der Waals surface area (Å²) in [6.45, 7) is 1.44. The second-order valence-corrected chi connectivity index (χ2v) is 4.40. The Morgan fingerprint density at radius 3 is 2.72 bits per heavy atom. The van der Waals surface area contributed by atoms with Crippen LogP contribution in [0.4, 0.5) is 15.8 Å². The van der Waals surface area contributed by atoms with Gasteiger partial charge in [-0.15, -0.1) is 11.6 Å². The highest BCUT2D eigenvalue weighted by Crippen LogP contribution is 2.29. The first-order valence-electron chi connectivity index (χ1n) is 5.18. The maximum Gasteiger partial charge on any atom is 0.221 e. The number of aliphatic hydroxyl groups is 1. The maximum absolute atomic E-state index is 13.6. The number of amides is 1. The quantitative estimate of drug-likeness (QED) is 0.731. The molecule has 7 heteroatoms. The molecule has 18 heavy (non-hydrogen) atoms. The van der Waals surface area contributed by atoms with E-state index >= 15 is 0 Å². The molecule has 0 saturated heterocycles. The van der Waals surface area contributed by atoms with Crippen molar-refractivity contribution in [2.75, 3.05) is 23.1 Å². The summed E-state index contributed by atoms with van der Waals surface area (Å²) in [5, 5.41) is 14.4. The molecule has 1 aromatic rings. The van der Waals surface area contributed by atoms with E-state index in [1.807, 2.05) is 0 Å². The average molecular weight is 295 g/mol. The lowest BCUT2D eigenvalue weighted by atomic mass is 10.2. The molecule has 1 amide bonds. The molecule has 0 radical (unpaired) electrons. The van der Waals surface area contributed by atoms with Gasteiger partial charge in [-0.25, -0.2) is 4.39 Å². The molecule has 4 nitrogen and oxygen atoms in total. The molecule has 0 bridgehead atoms. The normalized spacial score (nSPS) is 12.1. The number of halogens is 3. The van der Waals surface area contributed by atoms with E-state index in [4.69, 9.17) is 23.2 Å². The summed E-state index contributed by atoms with van der Waals surface area (Å²) >= 11 is 11.3. The molecule has 1 atom stereocenters. The zero-order valence-electron chi connectivity index (χ0n) is 9.64. The van der Waals surface area contributed by atoms with Gasteiger partial charge in [0, 0.05) is 19.2 Å². The Bertz CT molecular complexity index is 420. The fraction of sp³-hybridized carbons (Fsp3) is 0.364. The maximum atomic E-state index is 13.6. The third kappa shape index (κ3) is 4.33. The Kier molecular flexibility index (Phi) is 5.65. The van der Waals surface area contributed by atoms with Crippen LogP contribution >= 0.6 is 23.2 Å². The van der Waals surface area contributed by atoms with E-state index in [0.717, 1.165) is 0 Å². The van der Waals surface area contributed by atoms with Crippen LogP contribution in [0, 0.1) is 5.82 Å². The minimum Gasteiger partial charge on any atom is -0.390 e. The third-order valence-electron chi connectivity index (χ3n) is 2.06. The summed E-state index contributed by atoms with van der Waals surface area (Å²) in [6, 6.07) is 2.63. The predicted molar refractivity (Wildman–Crippen MR) is 70.9 cm³/mol. The molecule has 100 valence electrons. The molecule has 0 aromatic heterocycles. The molecule has 0 aliphatic rings. The van der Waals surface area contributed by atoms with E-state index in [-0.39, 0.29) is 23.1 Å². The number of carbonyl (C=O) groups excluding carboxylic acids is 1. The van der Waals surface area contributed by atoms with Gasteiger partial charge in [-0.05, 0) is 12.1 Å². The van der Waals surface area contributed by atoms with E-state index in [2.05, 4.69) is 10.6 Å². The summed E-state index contributed by atoms with van der Waals surface area (Å²) in [4.78, 5) is 10.9. The van der Waals surface area contributed by atoms with Crippen molar-refractivity contribution in [2.24, 2.45) is 0 Å². The lowest BCUT2D eigenvalue weighted by molar-refractivity contribution is -0.114. The molecular weight excluding hydrogens is 282 g/mol. The number of nitrogens with one attached hydrogen (secondary N) is 2. The summed E-state index contributed by atoms with van der Waals surface area (Å²) < 4.78 is 13.6. The number of alkyl halides is 1. The summed E-state index contributed by atoms with van der Waals surface area (Å²) in [6.07, 6.45) is -0.733. The molecule has 0 spiro atoms. The van der Waals surface area contributed by atoms with Gasteiger partial charge in [0.15, 0.2) is 0 Å². The van der Waals surface area contributed by atoms with Crippen LogP contribution in [0.25, 0.3) is 0 Å². The first-order chi connectivity index (χ1) is 8.43. The Balaban J connectivity index is 2.82. The van der Waals surface area contributed by atoms with Gasteiger partial charge in [-0.2, -0.15) is 0 Å². The minimum atomic E-state index is -0.733. The van der Waals surface area contributed by atoms with Gasteiger partial charge in [0.2, 0.25) is 5.91 Å². The van der Waals surface area contributed by atoms with Gasteiger partial charge in [0.05, 0.1) is 22.7 Å². The molecule has 0 heterocycles. The number of carbonyl (C=O) groups is 1. The van der Waals surface area contributed by atoms with Gasteiger partial charge in [0.1, 0.15) is 5.82 Å². The Labute approximate surface area is 114 Å². The van der Waals surface area contributed by atoms with Crippen molar-refractivity contribution in [3.8, 4) is 0 Å². The topological polar surface area (TPSA) is 61.4 Å². The van der Waals surface area contributed by atoms with Crippen LogP contribution in [0.5, 0.6) is 0 Å². The summed E-state index contributed by atoms with van der Waals surface area (Å²) in [5.74, 6) is -0.984. The Morgan fingerprint density at radius 2 is 2.22 bits per heavy atom. The first-order valence-corrected chi connectivity index (χ1v) is 6.09. The van der Waals surface area contributed by atoms with Crippen molar-refractivity contribution >= 4 is 40.5 Å². The molecule has 0 fully saturated rings. The van der Waals surface area contributed by atoms with Crippen LogP contribution in [0.15, 0.2) is 12.1 Å². The molecule has 0 aliphatic carbocycles. The number of anilines is 2. The van der Waals surface area contributed by atoms with E-state index in [9.17, 15) is 14.3 Å². The molecule has 0 aliphatic heterocycles. The summed E-state index contributed by atoms with van der Waals surface area (Å²) in [5.41, 5.74) is 0.336. The van der Waals surface area contributed by atoms with Crippen LogP contribution in [0.3, 0.4) is 0 Å². The third-order valence-corrected chi connectivity index (χ3v) is 2.72. The van der Waals surface area contributed by atoms with Gasteiger partial charge in [0.25, 0.3) is 0 Å². The average Bonchev–Trinajstić information content (AvgIpc) is 2.30. The number of rotatable bonds is 5. The van der Waals surface area contributed by atoms with Gasteiger partial charge in [-0.1, -0.05) is 11.6 Å². The number of benzene rings is 1. The van der Waals surface area contributed by atoms with Gasteiger partial charge in [-0.3, -0.25) is 4.79 Å². The van der Waals surface area contributed by atoms with E-state index in [1.54, 1.807) is 0 Å². The summed E-state index contributed by atoms with van der Waals surface area (Å²) in [7, 11) is 0.